The minimum Gasteiger partial charge on any atom is -0.444 e. The Labute approximate surface area is 163 Å². The van der Waals surface area contributed by atoms with E-state index < -0.39 is 28.7 Å². The van der Waals surface area contributed by atoms with Gasteiger partial charge in [-0.25, -0.2) is 4.79 Å². The van der Waals surface area contributed by atoms with Crippen LogP contribution >= 0.6 is 11.6 Å². The van der Waals surface area contributed by atoms with Gasteiger partial charge in [-0.3, -0.25) is 10.1 Å². The number of halogens is 1. The zero-order chi connectivity index (χ0) is 20.2. The molecule has 0 spiro atoms. The Bertz CT molecular complexity index is 815. The summed E-state index contributed by atoms with van der Waals surface area (Å²) in [6.45, 7) is 7.05. The molecule has 0 heterocycles. The lowest BCUT2D eigenvalue weighted by atomic mass is 9.93. The van der Waals surface area contributed by atoms with Gasteiger partial charge in [-0.1, -0.05) is 47.5 Å². The van der Waals surface area contributed by atoms with Crippen molar-refractivity contribution >= 4 is 17.7 Å². The maximum Gasteiger partial charge on any atom is 0.408 e. The number of carbonyl (C=O) groups excluding carboxylic acids is 1. The predicted octanol–water partition coefficient (Wildman–Crippen LogP) is 5.23. The van der Waals surface area contributed by atoms with Gasteiger partial charge in [0.1, 0.15) is 11.6 Å². The number of alkyl carbamates (subject to hydrolysis) is 1. The smallest absolute Gasteiger partial charge is 0.408 e. The molecule has 0 saturated heterocycles. The lowest BCUT2D eigenvalue weighted by molar-refractivity contribution is -0.534. The van der Waals surface area contributed by atoms with Gasteiger partial charge in [0.05, 0.1) is 0 Å². The first kappa shape index (κ1) is 20.7. The Hall–Kier alpha value is -2.60. The molecular formula is C20H23ClN2O4. The van der Waals surface area contributed by atoms with Crippen LogP contribution in [0.3, 0.4) is 0 Å². The summed E-state index contributed by atoms with van der Waals surface area (Å²) in [5.74, 6) is 0. The molecule has 0 aliphatic heterocycles. The Morgan fingerprint density at radius 2 is 1.78 bits per heavy atom. The SMILES string of the molecule is Cc1cccc([C@@H]([C@H](NC(=O)OC(C)(C)C)c2ccc(Cl)cc2)[N+](=O)[O-])c1. The molecule has 2 rings (SSSR count). The minimum absolute atomic E-state index is 0.397. The Balaban J connectivity index is 2.46. The molecule has 27 heavy (non-hydrogen) atoms. The van der Waals surface area contributed by atoms with Gasteiger partial charge in [-0.05, 0) is 51.5 Å². The molecule has 6 nitrogen and oxygen atoms in total. The number of nitro groups is 1. The summed E-state index contributed by atoms with van der Waals surface area (Å²) in [6, 6.07) is 11.5. The third-order valence-corrected chi connectivity index (χ3v) is 4.08. The van der Waals surface area contributed by atoms with Crippen molar-refractivity contribution in [3.05, 3.63) is 80.4 Å². The highest BCUT2D eigenvalue weighted by molar-refractivity contribution is 6.30. The van der Waals surface area contributed by atoms with Crippen molar-refractivity contribution in [2.75, 3.05) is 0 Å². The number of hydrogen-bond donors (Lipinski definition) is 1. The van der Waals surface area contributed by atoms with Crippen molar-refractivity contribution < 1.29 is 14.5 Å². The largest absolute Gasteiger partial charge is 0.444 e. The highest BCUT2D eigenvalue weighted by Crippen LogP contribution is 2.33. The summed E-state index contributed by atoms with van der Waals surface area (Å²) >= 11 is 5.94. The van der Waals surface area contributed by atoms with Gasteiger partial charge in [0.25, 0.3) is 6.04 Å². The third-order valence-electron chi connectivity index (χ3n) is 3.83. The number of carbonyl (C=O) groups is 1. The van der Waals surface area contributed by atoms with Crippen molar-refractivity contribution in [1.82, 2.24) is 5.32 Å². The molecule has 0 radical (unpaired) electrons. The first-order valence-electron chi connectivity index (χ1n) is 8.52. The second-order valence-corrected chi connectivity index (χ2v) is 7.76. The standard InChI is InChI=1S/C20H23ClN2O4/c1-13-6-5-7-15(12-13)18(23(25)26)17(14-8-10-16(21)11-9-14)22-19(24)27-20(2,3)4/h5-12,17-18H,1-4H3,(H,22,24)/t17-,18+/m1/s1. The fraction of sp³-hybridized carbons (Fsp3) is 0.350. The number of benzene rings is 2. The van der Waals surface area contributed by atoms with Crippen molar-refractivity contribution in [2.24, 2.45) is 0 Å². The minimum atomic E-state index is -1.18. The fourth-order valence-corrected chi connectivity index (χ4v) is 2.87. The highest BCUT2D eigenvalue weighted by Gasteiger charge is 2.37. The summed E-state index contributed by atoms with van der Waals surface area (Å²) in [5.41, 5.74) is 1.23. The van der Waals surface area contributed by atoms with Gasteiger partial charge in [0.2, 0.25) is 0 Å². The number of hydrogen-bond acceptors (Lipinski definition) is 4. The van der Waals surface area contributed by atoms with Gasteiger partial charge >= 0.3 is 6.09 Å². The summed E-state index contributed by atoms with van der Waals surface area (Å²) in [5, 5.41) is 15.1. The monoisotopic (exact) mass is 390 g/mol. The first-order chi connectivity index (χ1) is 12.6. The predicted molar refractivity (Wildman–Crippen MR) is 104 cm³/mol. The van der Waals surface area contributed by atoms with E-state index in [-0.39, 0.29) is 0 Å². The van der Waals surface area contributed by atoms with Crippen molar-refractivity contribution in [2.45, 2.75) is 45.4 Å². The van der Waals surface area contributed by atoms with Crippen molar-refractivity contribution in [1.29, 1.82) is 0 Å². The van der Waals surface area contributed by atoms with Crippen LogP contribution in [0, 0.1) is 17.0 Å². The number of nitrogens with zero attached hydrogens (tertiary/aromatic N) is 1. The van der Waals surface area contributed by atoms with Crippen LogP contribution in [0.15, 0.2) is 48.5 Å². The van der Waals surface area contributed by atoms with Crippen molar-refractivity contribution in [3.8, 4) is 0 Å². The van der Waals surface area contributed by atoms with E-state index in [4.69, 9.17) is 16.3 Å². The zero-order valence-electron chi connectivity index (χ0n) is 15.7. The summed E-state index contributed by atoms with van der Waals surface area (Å²) in [7, 11) is 0. The highest BCUT2D eigenvalue weighted by atomic mass is 35.5. The van der Waals surface area contributed by atoms with E-state index in [1.807, 2.05) is 13.0 Å². The Kier molecular flexibility index (Phi) is 6.44. The van der Waals surface area contributed by atoms with Crippen LogP contribution in [-0.4, -0.2) is 16.6 Å². The molecule has 2 atom stereocenters. The molecule has 0 aliphatic carbocycles. The Morgan fingerprint density at radius 1 is 1.15 bits per heavy atom. The molecule has 144 valence electrons. The summed E-state index contributed by atoms with van der Waals surface area (Å²) < 4.78 is 5.30. The molecule has 0 bridgehead atoms. The quantitative estimate of drug-likeness (QED) is 0.559. The fourth-order valence-electron chi connectivity index (χ4n) is 2.74. The average molecular weight is 391 g/mol. The van der Waals surface area contributed by atoms with Crippen LogP contribution in [0.1, 0.15) is 49.5 Å². The van der Waals surface area contributed by atoms with Crippen molar-refractivity contribution in [3.63, 3.8) is 0 Å². The maximum absolute atomic E-state index is 12.4. The topological polar surface area (TPSA) is 81.5 Å². The van der Waals surface area contributed by atoms with Crippen LogP contribution in [0.4, 0.5) is 4.79 Å². The van der Waals surface area contributed by atoms with Crippen LogP contribution in [0.5, 0.6) is 0 Å². The second kappa shape index (κ2) is 8.39. The molecule has 1 N–H and O–H groups in total. The molecule has 2 aromatic carbocycles. The molecule has 1 amide bonds. The zero-order valence-corrected chi connectivity index (χ0v) is 16.5. The van der Waals surface area contributed by atoms with E-state index in [0.29, 0.717) is 16.1 Å². The molecule has 0 unspecified atom stereocenters. The van der Waals surface area contributed by atoms with Crippen LogP contribution in [0.25, 0.3) is 0 Å². The lowest BCUT2D eigenvalue weighted by Gasteiger charge is -2.26. The van der Waals surface area contributed by atoms with Gasteiger partial charge < -0.3 is 10.1 Å². The van der Waals surface area contributed by atoms with E-state index >= 15 is 0 Å². The first-order valence-corrected chi connectivity index (χ1v) is 8.89. The Morgan fingerprint density at radius 3 is 2.30 bits per heavy atom. The molecule has 7 heteroatoms. The van der Waals surface area contributed by atoms with Gasteiger partial charge in [0.15, 0.2) is 0 Å². The van der Waals surface area contributed by atoms with Gasteiger partial charge in [-0.2, -0.15) is 0 Å². The normalized spacial score (nSPS) is 13.5. The second-order valence-electron chi connectivity index (χ2n) is 7.32. The van der Waals surface area contributed by atoms with Crippen LogP contribution in [0.2, 0.25) is 5.02 Å². The van der Waals surface area contributed by atoms with E-state index in [0.717, 1.165) is 5.56 Å². The van der Waals surface area contributed by atoms with E-state index in [2.05, 4.69) is 5.32 Å². The number of ether oxygens (including phenoxy) is 1. The molecule has 0 fully saturated rings. The van der Waals surface area contributed by atoms with E-state index in [1.54, 1.807) is 63.2 Å². The average Bonchev–Trinajstić information content (AvgIpc) is 2.53. The van der Waals surface area contributed by atoms with Crippen LogP contribution < -0.4 is 5.32 Å². The van der Waals surface area contributed by atoms with E-state index in [9.17, 15) is 14.9 Å². The molecule has 0 saturated carbocycles. The number of amides is 1. The van der Waals surface area contributed by atoms with E-state index in [1.165, 1.54) is 0 Å². The number of rotatable bonds is 5. The lowest BCUT2D eigenvalue weighted by Crippen LogP contribution is -2.39. The van der Waals surface area contributed by atoms with Gasteiger partial charge in [0, 0.05) is 15.5 Å². The molecule has 0 aliphatic rings. The third kappa shape index (κ3) is 5.96. The van der Waals surface area contributed by atoms with Gasteiger partial charge in [-0.15, -0.1) is 0 Å². The summed E-state index contributed by atoms with van der Waals surface area (Å²) in [6.07, 6.45) is -0.720. The van der Waals surface area contributed by atoms with Crippen LogP contribution in [-0.2, 0) is 4.74 Å². The maximum atomic E-state index is 12.4. The summed E-state index contributed by atoms with van der Waals surface area (Å²) in [4.78, 5) is 23.9. The molecule has 2 aromatic rings. The molecular weight excluding hydrogens is 368 g/mol. The molecule has 0 aromatic heterocycles. The number of aryl methyl sites for hydroxylation is 1. The number of nitrogens with one attached hydrogen (secondary N) is 1.